The van der Waals surface area contributed by atoms with Crippen molar-refractivity contribution in [3.63, 3.8) is 0 Å². The largest absolute Gasteiger partial charge is 0.395 e. The van der Waals surface area contributed by atoms with Gasteiger partial charge in [0.15, 0.2) is 0 Å². The first-order valence-electron chi connectivity index (χ1n) is 4.58. The summed E-state index contributed by atoms with van der Waals surface area (Å²) in [6, 6.07) is 0.433. The molecule has 1 N–H and O–H groups in total. The van der Waals surface area contributed by atoms with Crippen LogP contribution in [-0.2, 0) is 4.79 Å². The maximum Gasteiger partial charge on any atom is 0.133 e. The van der Waals surface area contributed by atoms with Gasteiger partial charge in [0.05, 0.1) is 13.2 Å². The molecule has 0 fully saturated rings. The van der Waals surface area contributed by atoms with E-state index >= 15 is 0 Å². The maximum absolute atomic E-state index is 10.3. The van der Waals surface area contributed by atoms with Crippen LogP contribution in [0.4, 0.5) is 0 Å². The molecule has 0 heterocycles. The van der Waals surface area contributed by atoms with Crippen LogP contribution >= 0.6 is 0 Å². The fourth-order valence-electron chi connectivity index (χ4n) is 1.45. The van der Waals surface area contributed by atoms with Crippen LogP contribution in [0.1, 0.15) is 26.7 Å². The summed E-state index contributed by atoms with van der Waals surface area (Å²) in [6.45, 7) is 5.37. The summed E-state index contributed by atoms with van der Waals surface area (Å²) in [5, 5.41) is 8.75. The zero-order valence-electron chi connectivity index (χ0n) is 7.99. The van der Waals surface area contributed by atoms with E-state index in [1.165, 1.54) is 0 Å². The van der Waals surface area contributed by atoms with Crippen molar-refractivity contribution >= 4 is 6.29 Å². The number of aliphatic hydroxyl groups excluding tert-OH is 1. The van der Waals surface area contributed by atoms with Crippen LogP contribution < -0.4 is 0 Å². The van der Waals surface area contributed by atoms with Crippen LogP contribution in [0.25, 0.3) is 0 Å². The number of aldehydes is 1. The number of carbonyl (C=O) groups is 1. The fraction of sp³-hybridized carbons (Fsp3) is 0.889. The van der Waals surface area contributed by atoms with Gasteiger partial charge in [-0.05, 0) is 12.8 Å². The summed E-state index contributed by atoms with van der Waals surface area (Å²) in [5.41, 5.74) is 0. The van der Waals surface area contributed by atoms with Crippen molar-refractivity contribution in [1.82, 2.24) is 4.90 Å². The Labute approximate surface area is 74.4 Å². The molecule has 0 aromatic carbocycles. The summed E-state index contributed by atoms with van der Waals surface area (Å²) in [7, 11) is 0. The van der Waals surface area contributed by atoms with Gasteiger partial charge in [0.1, 0.15) is 6.29 Å². The fourth-order valence-corrected chi connectivity index (χ4v) is 1.45. The van der Waals surface area contributed by atoms with E-state index in [0.717, 1.165) is 19.1 Å². The molecular weight excluding hydrogens is 154 g/mol. The molecule has 0 aliphatic carbocycles. The van der Waals surface area contributed by atoms with E-state index in [9.17, 15) is 4.79 Å². The molecule has 0 aliphatic rings. The number of hydrogen-bond donors (Lipinski definition) is 1. The van der Waals surface area contributed by atoms with E-state index in [-0.39, 0.29) is 6.61 Å². The smallest absolute Gasteiger partial charge is 0.133 e. The van der Waals surface area contributed by atoms with Crippen LogP contribution in [0.5, 0.6) is 0 Å². The molecule has 72 valence electrons. The number of nitrogens with zero attached hydrogens (tertiary/aromatic N) is 1. The zero-order valence-corrected chi connectivity index (χ0v) is 7.99. The third-order valence-corrected chi connectivity index (χ3v) is 2.16. The van der Waals surface area contributed by atoms with Crippen molar-refractivity contribution in [2.45, 2.75) is 32.7 Å². The molecular formula is C9H19NO2. The molecule has 0 saturated carbocycles. The molecule has 0 radical (unpaired) electrons. The van der Waals surface area contributed by atoms with Gasteiger partial charge in [0.2, 0.25) is 0 Å². The summed E-state index contributed by atoms with van der Waals surface area (Å²) in [4.78, 5) is 12.3. The molecule has 0 atom stereocenters. The van der Waals surface area contributed by atoms with Gasteiger partial charge in [-0.25, -0.2) is 0 Å². The maximum atomic E-state index is 10.3. The lowest BCUT2D eigenvalue weighted by Gasteiger charge is -2.27. The average molecular weight is 173 g/mol. The predicted molar refractivity (Wildman–Crippen MR) is 49.1 cm³/mol. The first kappa shape index (κ1) is 11.6. The molecule has 0 bridgehead atoms. The van der Waals surface area contributed by atoms with Crippen molar-refractivity contribution < 1.29 is 9.90 Å². The quantitative estimate of drug-likeness (QED) is 0.575. The van der Waals surface area contributed by atoms with Crippen molar-refractivity contribution in [3.05, 3.63) is 0 Å². The molecule has 0 unspecified atom stereocenters. The molecule has 0 aromatic heterocycles. The molecule has 0 spiro atoms. The number of aliphatic hydroxyl groups is 1. The van der Waals surface area contributed by atoms with Crippen LogP contribution in [0, 0.1) is 0 Å². The van der Waals surface area contributed by atoms with E-state index in [2.05, 4.69) is 13.8 Å². The van der Waals surface area contributed by atoms with Crippen molar-refractivity contribution in [2.75, 3.05) is 19.7 Å². The van der Waals surface area contributed by atoms with Crippen molar-refractivity contribution in [1.29, 1.82) is 0 Å². The highest BCUT2D eigenvalue weighted by atomic mass is 16.3. The first-order valence-corrected chi connectivity index (χ1v) is 4.58. The summed E-state index contributed by atoms with van der Waals surface area (Å²) in [6.07, 6.45) is 2.96. The highest BCUT2D eigenvalue weighted by Gasteiger charge is 2.12. The molecule has 0 aromatic rings. The number of carbonyl (C=O) groups excluding carboxylic acids is 1. The van der Waals surface area contributed by atoms with Crippen molar-refractivity contribution in [3.8, 4) is 0 Å². The third kappa shape index (κ3) is 3.83. The molecule has 0 saturated heterocycles. The number of rotatable bonds is 7. The van der Waals surface area contributed by atoms with Crippen LogP contribution in [0.15, 0.2) is 0 Å². The Bertz CT molecular complexity index is 113. The van der Waals surface area contributed by atoms with Crippen LogP contribution in [-0.4, -0.2) is 42.0 Å². The second-order valence-corrected chi connectivity index (χ2v) is 2.86. The predicted octanol–water partition coefficient (Wildman–Crippen LogP) is 0.668. The van der Waals surface area contributed by atoms with Gasteiger partial charge < -0.3 is 9.90 Å². The first-order chi connectivity index (χ1) is 5.79. The normalized spacial score (nSPS) is 11.1. The Kier molecular flexibility index (Phi) is 7.00. The Morgan fingerprint density at radius 2 is 2.00 bits per heavy atom. The highest BCUT2D eigenvalue weighted by Crippen LogP contribution is 2.06. The van der Waals surface area contributed by atoms with Crippen LogP contribution in [0.3, 0.4) is 0 Å². The minimum absolute atomic E-state index is 0.129. The SMILES string of the molecule is CCC(CC)N(CC=O)CCO. The van der Waals surface area contributed by atoms with Gasteiger partial charge in [0, 0.05) is 12.6 Å². The molecule has 0 amide bonds. The van der Waals surface area contributed by atoms with Gasteiger partial charge >= 0.3 is 0 Å². The second-order valence-electron chi connectivity index (χ2n) is 2.86. The Balaban J connectivity index is 3.94. The monoisotopic (exact) mass is 173 g/mol. The van der Waals surface area contributed by atoms with Gasteiger partial charge in [0.25, 0.3) is 0 Å². The van der Waals surface area contributed by atoms with Gasteiger partial charge in [-0.2, -0.15) is 0 Å². The molecule has 0 rings (SSSR count). The van der Waals surface area contributed by atoms with Crippen molar-refractivity contribution in [2.24, 2.45) is 0 Å². The molecule has 3 heteroatoms. The Morgan fingerprint density at radius 1 is 1.42 bits per heavy atom. The Morgan fingerprint density at radius 3 is 2.33 bits per heavy atom. The van der Waals surface area contributed by atoms with E-state index in [1.54, 1.807) is 0 Å². The van der Waals surface area contributed by atoms with Gasteiger partial charge in [-0.1, -0.05) is 13.8 Å². The standard InChI is InChI=1S/C9H19NO2/c1-3-9(4-2)10(5-7-11)6-8-12/h7,9,12H,3-6,8H2,1-2H3. The summed E-state index contributed by atoms with van der Waals surface area (Å²) < 4.78 is 0. The molecule has 12 heavy (non-hydrogen) atoms. The van der Waals surface area contributed by atoms with Gasteiger partial charge in [-0.3, -0.25) is 4.90 Å². The minimum atomic E-state index is 0.129. The summed E-state index contributed by atoms with van der Waals surface area (Å²) >= 11 is 0. The minimum Gasteiger partial charge on any atom is -0.395 e. The van der Waals surface area contributed by atoms with Crippen LogP contribution in [0.2, 0.25) is 0 Å². The van der Waals surface area contributed by atoms with E-state index in [0.29, 0.717) is 19.1 Å². The summed E-state index contributed by atoms with van der Waals surface area (Å²) in [5.74, 6) is 0. The topological polar surface area (TPSA) is 40.5 Å². The van der Waals surface area contributed by atoms with E-state index in [4.69, 9.17) is 5.11 Å². The third-order valence-electron chi connectivity index (χ3n) is 2.16. The lowest BCUT2D eigenvalue weighted by Crippen LogP contribution is -2.37. The molecule has 3 nitrogen and oxygen atoms in total. The van der Waals surface area contributed by atoms with Gasteiger partial charge in [-0.15, -0.1) is 0 Å². The lowest BCUT2D eigenvalue weighted by molar-refractivity contribution is -0.109. The zero-order chi connectivity index (χ0) is 9.40. The average Bonchev–Trinajstić information content (AvgIpc) is 2.07. The van der Waals surface area contributed by atoms with E-state index in [1.807, 2.05) is 4.90 Å². The Hall–Kier alpha value is -0.410. The molecule has 0 aliphatic heterocycles. The lowest BCUT2D eigenvalue weighted by atomic mass is 10.1. The van der Waals surface area contributed by atoms with E-state index < -0.39 is 0 Å². The number of hydrogen-bond acceptors (Lipinski definition) is 3. The second kappa shape index (κ2) is 7.25. The highest BCUT2D eigenvalue weighted by molar-refractivity contribution is 5.52.